The second-order valence-corrected chi connectivity index (χ2v) is 11.2. The molecule has 0 aliphatic rings. The van der Waals surface area contributed by atoms with E-state index in [-0.39, 0.29) is 13.2 Å². The highest BCUT2D eigenvalue weighted by molar-refractivity contribution is 6.65. The first-order valence-corrected chi connectivity index (χ1v) is 14.8. The molecular formula is C23H50O6Si. The van der Waals surface area contributed by atoms with Crippen LogP contribution in [-0.2, 0) is 23.1 Å². The van der Waals surface area contributed by atoms with E-state index in [4.69, 9.17) is 23.1 Å². The summed E-state index contributed by atoms with van der Waals surface area (Å²) in [5.74, 6) is 0. The van der Waals surface area contributed by atoms with Crippen LogP contribution in [0.2, 0.25) is 6.55 Å². The van der Waals surface area contributed by atoms with Crippen LogP contribution in [0, 0.1) is 0 Å². The molecule has 0 bridgehead atoms. The van der Waals surface area contributed by atoms with Gasteiger partial charge in [0.2, 0.25) is 0 Å². The van der Waals surface area contributed by atoms with Crippen LogP contribution in [0.5, 0.6) is 0 Å². The minimum Gasteiger partial charge on any atom is -0.393 e. The van der Waals surface area contributed by atoms with E-state index < -0.39 is 14.7 Å². The maximum Gasteiger partial charge on any atom is 0.361 e. The SMILES string of the molecule is CCCCCCCCCCCCOCCOCC(O)COC[Si](C)(OCC)OCC. The molecule has 1 unspecified atom stereocenters. The second-order valence-electron chi connectivity index (χ2n) is 8.04. The average Bonchev–Trinajstić information content (AvgIpc) is 2.71. The zero-order chi connectivity index (χ0) is 22.3. The normalized spacial score (nSPS) is 13.1. The van der Waals surface area contributed by atoms with Crippen LogP contribution in [-0.4, -0.2) is 72.2 Å². The Hall–Kier alpha value is -0.0231. The lowest BCUT2D eigenvalue weighted by Crippen LogP contribution is -2.45. The highest BCUT2D eigenvalue weighted by Crippen LogP contribution is 2.10. The fraction of sp³-hybridized carbons (Fsp3) is 1.00. The van der Waals surface area contributed by atoms with Crippen LogP contribution in [0.25, 0.3) is 0 Å². The Labute approximate surface area is 187 Å². The van der Waals surface area contributed by atoms with Crippen molar-refractivity contribution in [3.05, 3.63) is 0 Å². The molecule has 0 radical (unpaired) electrons. The van der Waals surface area contributed by atoms with Crippen molar-refractivity contribution < 1.29 is 28.2 Å². The van der Waals surface area contributed by atoms with Gasteiger partial charge in [-0.1, -0.05) is 64.7 Å². The van der Waals surface area contributed by atoms with Crippen molar-refractivity contribution in [1.29, 1.82) is 0 Å². The summed E-state index contributed by atoms with van der Waals surface area (Å²) in [5, 5.41) is 9.95. The topological polar surface area (TPSA) is 66.4 Å². The maximum absolute atomic E-state index is 9.95. The Morgan fingerprint density at radius 1 is 0.633 bits per heavy atom. The molecule has 7 heteroatoms. The van der Waals surface area contributed by atoms with Crippen molar-refractivity contribution in [3.8, 4) is 0 Å². The lowest BCUT2D eigenvalue weighted by Gasteiger charge is -2.26. The van der Waals surface area contributed by atoms with E-state index in [0.29, 0.717) is 32.7 Å². The molecule has 1 N–H and O–H groups in total. The van der Waals surface area contributed by atoms with Gasteiger partial charge in [0.25, 0.3) is 0 Å². The van der Waals surface area contributed by atoms with Crippen molar-refractivity contribution in [2.45, 2.75) is 97.6 Å². The van der Waals surface area contributed by atoms with Crippen molar-refractivity contribution in [1.82, 2.24) is 0 Å². The lowest BCUT2D eigenvalue weighted by molar-refractivity contribution is -0.0300. The van der Waals surface area contributed by atoms with Gasteiger partial charge in [0.15, 0.2) is 0 Å². The molecule has 0 heterocycles. The zero-order valence-electron chi connectivity index (χ0n) is 20.3. The van der Waals surface area contributed by atoms with E-state index in [1.54, 1.807) is 0 Å². The molecule has 0 saturated heterocycles. The fourth-order valence-electron chi connectivity index (χ4n) is 3.29. The number of unbranched alkanes of at least 4 members (excludes halogenated alkanes) is 9. The molecule has 0 spiro atoms. The van der Waals surface area contributed by atoms with Crippen molar-refractivity contribution in [3.63, 3.8) is 0 Å². The van der Waals surface area contributed by atoms with Gasteiger partial charge in [-0.15, -0.1) is 0 Å². The Balaban J connectivity index is 3.38. The number of hydrogen-bond acceptors (Lipinski definition) is 6. The second kappa shape index (κ2) is 22.2. The van der Waals surface area contributed by atoms with Crippen molar-refractivity contribution in [2.24, 2.45) is 0 Å². The first-order chi connectivity index (χ1) is 14.6. The summed E-state index contributed by atoms with van der Waals surface area (Å²) in [6, 6.07) is 0. The first-order valence-electron chi connectivity index (χ1n) is 12.3. The predicted molar refractivity (Wildman–Crippen MR) is 125 cm³/mol. The predicted octanol–water partition coefficient (Wildman–Crippen LogP) is 5.00. The largest absolute Gasteiger partial charge is 0.393 e. The van der Waals surface area contributed by atoms with E-state index >= 15 is 0 Å². The molecular weight excluding hydrogens is 400 g/mol. The van der Waals surface area contributed by atoms with Gasteiger partial charge in [0.1, 0.15) is 6.10 Å². The number of aliphatic hydroxyl groups excluding tert-OH is 1. The highest BCUT2D eigenvalue weighted by atomic mass is 28.4. The molecule has 6 nitrogen and oxygen atoms in total. The molecule has 0 aromatic carbocycles. The standard InChI is InChI=1S/C23H50O6Si/c1-5-8-9-10-11-12-13-14-15-16-17-25-18-19-26-20-23(24)21-27-22-30(4,28-6-2)29-7-3/h23-24H,5-22H2,1-4H3. The van der Waals surface area contributed by atoms with E-state index in [0.717, 1.165) is 13.0 Å². The summed E-state index contributed by atoms with van der Waals surface area (Å²) in [6.07, 6.45) is 13.1. The Kier molecular flexibility index (Phi) is 22.2. The molecule has 0 rings (SSSR count). The number of aliphatic hydroxyl groups is 1. The van der Waals surface area contributed by atoms with Gasteiger partial charge >= 0.3 is 8.56 Å². The molecule has 0 aromatic rings. The number of rotatable bonds is 24. The van der Waals surface area contributed by atoms with Crippen LogP contribution < -0.4 is 0 Å². The van der Waals surface area contributed by atoms with E-state index in [1.165, 1.54) is 57.8 Å². The minimum atomic E-state index is -2.29. The van der Waals surface area contributed by atoms with Crippen LogP contribution in [0.1, 0.15) is 85.0 Å². The first kappa shape index (κ1) is 30.0. The van der Waals surface area contributed by atoms with Gasteiger partial charge in [0.05, 0.1) is 32.7 Å². The van der Waals surface area contributed by atoms with E-state index in [2.05, 4.69) is 6.92 Å². The number of ether oxygens (including phenoxy) is 3. The van der Waals surface area contributed by atoms with Gasteiger partial charge in [-0.25, -0.2) is 0 Å². The molecule has 182 valence electrons. The van der Waals surface area contributed by atoms with Gasteiger partial charge in [-0.05, 0) is 26.8 Å². The third-order valence-corrected chi connectivity index (χ3v) is 7.43. The summed E-state index contributed by atoms with van der Waals surface area (Å²) >= 11 is 0. The molecule has 0 amide bonds. The summed E-state index contributed by atoms with van der Waals surface area (Å²) in [6.45, 7) is 11.7. The molecule has 0 fully saturated rings. The minimum absolute atomic E-state index is 0.224. The zero-order valence-corrected chi connectivity index (χ0v) is 21.3. The summed E-state index contributed by atoms with van der Waals surface area (Å²) in [5.41, 5.74) is 0. The Morgan fingerprint density at radius 3 is 1.70 bits per heavy atom. The molecule has 0 aliphatic carbocycles. The summed E-state index contributed by atoms with van der Waals surface area (Å²) < 4.78 is 28.1. The van der Waals surface area contributed by atoms with Crippen LogP contribution >= 0.6 is 0 Å². The van der Waals surface area contributed by atoms with Crippen molar-refractivity contribution in [2.75, 3.05) is 52.5 Å². The third kappa shape index (κ3) is 19.9. The number of hydrogen-bond donors (Lipinski definition) is 1. The van der Waals surface area contributed by atoms with Crippen LogP contribution in [0.15, 0.2) is 0 Å². The molecule has 0 aromatic heterocycles. The van der Waals surface area contributed by atoms with Gasteiger partial charge in [-0.2, -0.15) is 0 Å². The monoisotopic (exact) mass is 450 g/mol. The fourth-order valence-corrected chi connectivity index (χ4v) is 5.25. The van der Waals surface area contributed by atoms with E-state index in [9.17, 15) is 5.11 Å². The Morgan fingerprint density at radius 2 is 1.13 bits per heavy atom. The van der Waals surface area contributed by atoms with Crippen molar-refractivity contribution >= 4 is 8.56 Å². The van der Waals surface area contributed by atoms with Crippen LogP contribution in [0.4, 0.5) is 0 Å². The molecule has 1 atom stereocenters. The van der Waals surface area contributed by atoms with E-state index in [1.807, 2.05) is 20.4 Å². The smallest absolute Gasteiger partial charge is 0.361 e. The van der Waals surface area contributed by atoms with Gasteiger partial charge in [-0.3, -0.25) is 0 Å². The Bertz CT molecular complexity index is 340. The van der Waals surface area contributed by atoms with Crippen LogP contribution in [0.3, 0.4) is 0 Å². The quantitative estimate of drug-likeness (QED) is 0.165. The molecule has 30 heavy (non-hydrogen) atoms. The average molecular weight is 451 g/mol. The molecule has 0 saturated carbocycles. The lowest BCUT2D eigenvalue weighted by atomic mass is 10.1. The summed E-state index contributed by atoms with van der Waals surface area (Å²) in [7, 11) is -2.29. The molecule has 0 aliphatic heterocycles. The highest BCUT2D eigenvalue weighted by Gasteiger charge is 2.31. The van der Waals surface area contributed by atoms with Gasteiger partial charge in [0, 0.05) is 19.8 Å². The summed E-state index contributed by atoms with van der Waals surface area (Å²) in [4.78, 5) is 0. The van der Waals surface area contributed by atoms with Gasteiger partial charge < -0.3 is 28.2 Å². The maximum atomic E-state index is 9.95. The third-order valence-electron chi connectivity index (χ3n) is 4.90.